The second-order valence-electron chi connectivity index (χ2n) is 7.21. The maximum atomic E-state index is 9.34. The van der Waals surface area contributed by atoms with Gasteiger partial charge in [0.2, 0.25) is 5.88 Å². The van der Waals surface area contributed by atoms with Gasteiger partial charge in [-0.3, -0.25) is 0 Å². The molecule has 0 saturated carbocycles. The van der Waals surface area contributed by atoms with E-state index in [0.717, 1.165) is 30.9 Å². The molecule has 1 fully saturated rings. The molecule has 1 aliphatic rings. The van der Waals surface area contributed by atoms with Crippen LogP contribution in [0.5, 0.6) is 11.6 Å². The molecule has 0 aliphatic carbocycles. The van der Waals surface area contributed by atoms with Gasteiger partial charge in [0.25, 0.3) is 0 Å². The van der Waals surface area contributed by atoms with E-state index >= 15 is 0 Å². The summed E-state index contributed by atoms with van der Waals surface area (Å²) in [6.45, 7) is 8.16. The van der Waals surface area contributed by atoms with Gasteiger partial charge in [-0.25, -0.2) is 14.7 Å². The highest BCUT2D eigenvalue weighted by Gasteiger charge is 2.19. The predicted molar refractivity (Wildman–Crippen MR) is 119 cm³/mol. The zero-order valence-corrected chi connectivity index (χ0v) is 17.5. The van der Waals surface area contributed by atoms with Gasteiger partial charge >= 0.3 is 0 Å². The van der Waals surface area contributed by atoms with Crippen molar-refractivity contribution in [3.8, 4) is 17.7 Å². The molecule has 8 nitrogen and oxygen atoms in total. The number of hydrogen-bond acceptors (Lipinski definition) is 6. The molecule has 1 saturated heterocycles. The third-order valence-corrected chi connectivity index (χ3v) is 4.92. The molecule has 0 unspecified atom stereocenters. The quantitative estimate of drug-likeness (QED) is 0.561. The van der Waals surface area contributed by atoms with Gasteiger partial charge in [-0.05, 0) is 57.6 Å². The number of nitrogens with zero attached hydrogens (tertiary/aromatic N) is 6. The van der Waals surface area contributed by atoms with E-state index in [2.05, 4.69) is 32.8 Å². The van der Waals surface area contributed by atoms with Crippen molar-refractivity contribution in [2.45, 2.75) is 26.2 Å². The minimum Gasteiger partial charge on any atom is -0.438 e. The van der Waals surface area contributed by atoms with Gasteiger partial charge in [0.15, 0.2) is 11.7 Å². The first kappa shape index (κ1) is 21.3. The molecule has 0 amide bonds. The lowest BCUT2D eigenvalue weighted by Gasteiger charge is -2.12. The summed E-state index contributed by atoms with van der Waals surface area (Å²) in [5.41, 5.74) is 7.76. The average Bonchev–Trinajstić information content (AvgIpc) is 3.40. The number of rotatable bonds is 7. The van der Waals surface area contributed by atoms with Crippen molar-refractivity contribution in [1.29, 1.82) is 5.26 Å². The highest BCUT2D eigenvalue weighted by Crippen LogP contribution is 2.30. The first-order chi connectivity index (χ1) is 14.5. The van der Waals surface area contributed by atoms with Crippen LogP contribution >= 0.6 is 0 Å². The van der Waals surface area contributed by atoms with Gasteiger partial charge in [-0.2, -0.15) is 10.4 Å². The van der Waals surface area contributed by atoms with Crippen molar-refractivity contribution in [1.82, 2.24) is 9.78 Å². The predicted octanol–water partition coefficient (Wildman–Crippen LogP) is 3.38. The first-order valence-corrected chi connectivity index (χ1v) is 9.97. The average molecular weight is 406 g/mol. The number of aliphatic imine (C=N–C) groups is 2. The number of aromatic nitrogens is 2. The molecule has 1 aliphatic heterocycles. The Morgan fingerprint density at radius 3 is 2.80 bits per heavy atom. The van der Waals surface area contributed by atoms with E-state index in [9.17, 15) is 5.26 Å². The Kier molecular flexibility index (Phi) is 6.99. The van der Waals surface area contributed by atoms with Crippen molar-refractivity contribution in [2.24, 2.45) is 22.8 Å². The Morgan fingerprint density at radius 1 is 1.37 bits per heavy atom. The molecule has 2 aromatic rings. The fraction of sp³-hybridized carbons (Fsp3) is 0.364. The van der Waals surface area contributed by atoms with Crippen molar-refractivity contribution < 1.29 is 4.74 Å². The zero-order valence-electron chi connectivity index (χ0n) is 17.5. The molecule has 30 heavy (non-hydrogen) atoms. The fourth-order valence-electron chi connectivity index (χ4n) is 3.26. The van der Waals surface area contributed by atoms with Crippen LogP contribution in [0.15, 0.2) is 46.0 Å². The summed E-state index contributed by atoms with van der Waals surface area (Å²) in [6.07, 6.45) is 4.82. The molecule has 2 N–H and O–H groups in total. The first-order valence-electron chi connectivity index (χ1n) is 9.97. The molecule has 3 rings (SSSR count). The molecule has 1 aromatic heterocycles. The number of ether oxygens (including phenoxy) is 1. The van der Waals surface area contributed by atoms with E-state index < -0.39 is 0 Å². The van der Waals surface area contributed by atoms with Gasteiger partial charge in [0.1, 0.15) is 5.75 Å². The van der Waals surface area contributed by atoms with E-state index in [4.69, 9.17) is 10.5 Å². The second kappa shape index (κ2) is 9.85. The van der Waals surface area contributed by atoms with E-state index in [1.807, 2.05) is 20.0 Å². The molecule has 8 heteroatoms. The summed E-state index contributed by atoms with van der Waals surface area (Å²) in [7, 11) is 1.84. The summed E-state index contributed by atoms with van der Waals surface area (Å²) >= 11 is 0. The Bertz CT molecular complexity index is 1010. The monoisotopic (exact) mass is 405 g/mol. The summed E-state index contributed by atoms with van der Waals surface area (Å²) < 4.78 is 7.87. The third kappa shape index (κ3) is 4.93. The molecule has 1 aromatic carbocycles. The summed E-state index contributed by atoms with van der Waals surface area (Å²) in [4.78, 5) is 10.8. The van der Waals surface area contributed by atoms with Crippen molar-refractivity contribution in [3.05, 3.63) is 47.2 Å². The second-order valence-corrected chi connectivity index (χ2v) is 7.21. The van der Waals surface area contributed by atoms with Crippen molar-refractivity contribution >= 4 is 18.4 Å². The minimum absolute atomic E-state index is 0.410. The van der Waals surface area contributed by atoms with Crippen LogP contribution in [0.3, 0.4) is 0 Å². The maximum absolute atomic E-state index is 9.34. The Hall–Kier alpha value is -3.44. The van der Waals surface area contributed by atoms with Crippen LogP contribution in [-0.2, 0) is 7.05 Å². The topological polar surface area (TPSA) is 105 Å². The lowest BCUT2D eigenvalue weighted by atomic mass is 10.1. The molecule has 0 spiro atoms. The third-order valence-electron chi connectivity index (χ3n) is 4.92. The molecule has 0 bridgehead atoms. The van der Waals surface area contributed by atoms with E-state index in [1.165, 1.54) is 12.8 Å². The molecular formula is C22H27N7O. The SMILES string of the molecule is C=N/C(=N\C=C(/C)CCN)c1ccc(C#N)cc1Oc1cc(N2CCCC2)nn1C. The largest absolute Gasteiger partial charge is 0.438 e. The lowest BCUT2D eigenvalue weighted by molar-refractivity contribution is 0.430. The van der Waals surface area contributed by atoms with E-state index in [0.29, 0.717) is 35.1 Å². The number of nitriles is 1. The summed E-state index contributed by atoms with van der Waals surface area (Å²) in [6, 6.07) is 9.21. The Balaban J connectivity index is 1.96. The number of hydrogen-bond donors (Lipinski definition) is 1. The van der Waals surface area contributed by atoms with Gasteiger partial charge in [-0.1, -0.05) is 5.57 Å². The normalized spacial score (nSPS) is 14.7. The Morgan fingerprint density at radius 2 is 2.13 bits per heavy atom. The van der Waals surface area contributed by atoms with Crippen LogP contribution in [0, 0.1) is 11.3 Å². The molecule has 156 valence electrons. The molecule has 0 atom stereocenters. The lowest BCUT2D eigenvalue weighted by Crippen LogP contribution is -2.18. The molecule has 0 radical (unpaired) electrons. The highest BCUT2D eigenvalue weighted by atomic mass is 16.5. The van der Waals surface area contributed by atoms with Gasteiger partial charge in [0.05, 0.1) is 17.2 Å². The van der Waals surface area contributed by atoms with Crippen LogP contribution in [0.2, 0.25) is 0 Å². The molecular weight excluding hydrogens is 378 g/mol. The number of benzene rings is 1. The van der Waals surface area contributed by atoms with Crippen LogP contribution in [0.1, 0.15) is 37.3 Å². The van der Waals surface area contributed by atoms with E-state index in [1.54, 1.807) is 29.1 Å². The smallest absolute Gasteiger partial charge is 0.219 e. The highest BCUT2D eigenvalue weighted by molar-refractivity contribution is 6.04. The number of nitrogens with two attached hydrogens (primary N) is 1. The van der Waals surface area contributed by atoms with Gasteiger partial charge < -0.3 is 15.4 Å². The van der Waals surface area contributed by atoms with Crippen LogP contribution < -0.4 is 15.4 Å². The van der Waals surface area contributed by atoms with Crippen LogP contribution in [0.4, 0.5) is 5.82 Å². The van der Waals surface area contributed by atoms with Crippen LogP contribution in [0.25, 0.3) is 0 Å². The van der Waals surface area contributed by atoms with Crippen molar-refractivity contribution in [2.75, 3.05) is 24.5 Å². The van der Waals surface area contributed by atoms with Gasteiger partial charge in [0, 0.05) is 32.4 Å². The number of aryl methyl sites for hydroxylation is 1. The van der Waals surface area contributed by atoms with Crippen LogP contribution in [-0.4, -0.2) is 42.0 Å². The fourth-order valence-corrected chi connectivity index (χ4v) is 3.26. The standard InChI is InChI=1S/C22H27N7O/c1-16(8-9-23)15-26-22(25-2)18-7-6-17(14-24)12-19(18)30-21-13-20(27-28(21)3)29-10-4-5-11-29/h6-7,12-13,15H,2,4-5,8-11,23H2,1,3H3/b16-15+,26-22-. The number of amidine groups is 1. The summed E-state index contributed by atoms with van der Waals surface area (Å²) in [5.74, 6) is 2.35. The van der Waals surface area contributed by atoms with Crippen molar-refractivity contribution in [3.63, 3.8) is 0 Å². The summed E-state index contributed by atoms with van der Waals surface area (Å²) in [5, 5.41) is 13.9. The molecule has 2 heterocycles. The number of anilines is 1. The van der Waals surface area contributed by atoms with E-state index in [-0.39, 0.29) is 0 Å². The maximum Gasteiger partial charge on any atom is 0.219 e. The Labute approximate surface area is 177 Å². The zero-order chi connectivity index (χ0) is 21.5. The minimum atomic E-state index is 0.410. The van der Waals surface area contributed by atoms with Gasteiger partial charge in [-0.15, -0.1) is 0 Å².